The van der Waals surface area contributed by atoms with Crippen molar-refractivity contribution in [2.75, 3.05) is 19.8 Å². The van der Waals surface area contributed by atoms with Gasteiger partial charge in [-0.3, -0.25) is 4.79 Å². The van der Waals surface area contributed by atoms with Crippen molar-refractivity contribution in [2.45, 2.75) is 12.8 Å². The number of carbonyl (C=O) groups excluding carboxylic acids is 1. The molecule has 0 saturated carbocycles. The molecule has 1 aromatic carbocycles. The van der Waals surface area contributed by atoms with Crippen molar-refractivity contribution >= 4 is 5.78 Å². The van der Waals surface area contributed by atoms with E-state index in [1.807, 2.05) is 0 Å². The number of hydrogen-bond donors (Lipinski definition) is 1. The van der Waals surface area contributed by atoms with Crippen molar-refractivity contribution in [1.29, 1.82) is 0 Å². The molecular formula is C12H15NO3. The predicted molar refractivity (Wildman–Crippen MR) is 60.1 cm³/mol. The molecule has 0 unspecified atom stereocenters. The number of fused-ring (bicyclic) bond motifs is 1. The van der Waals surface area contributed by atoms with Gasteiger partial charge in [0.1, 0.15) is 0 Å². The zero-order valence-electron chi connectivity index (χ0n) is 9.07. The third kappa shape index (κ3) is 2.33. The molecule has 0 bridgehead atoms. The number of nitrogens with two attached hydrogens (primary N) is 1. The van der Waals surface area contributed by atoms with Crippen LogP contribution in [0.15, 0.2) is 18.2 Å². The molecule has 2 rings (SSSR count). The highest BCUT2D eigenvalue weighted by Crippen LogP contribution is 2.30. The van der Waals surface area contributed by atoms with E-state index in [1.165, 1.54) is 0 Å². The fourth-order valence-electron chi connectivity index (χ4n) is 1.61. The Bertz CT molecular complexity index is 390. The minimum atomic E-state index is 0.0400. The summed E-state index contributed by atoms with van der Waals surface area (Å²) in [6, 6.07) is 5.27. The molecule has 0 aromatic heterocycles. The van der Waals surface area contributed by atoms with Crippen LogP contribution in [0.1, 0.15) is 23.2 Å². The molecule has 0 saturated heterocycles. The lowest BCUT2D eigenvalue weighted by Gasteiger charge is -2.08. The molecule has 4 nitrogen and oxygen atoms in total. The number of rotatable bonds is 3. The second-order valence-corrected chi connectivity index (χ2v) is 3.67. The Kier molecular flexibility index (Phi) is 3.41. The van der Waals surface area contributed by atoms with Gasteiger partial charge in [0.05, 0.1) is 13.2 Å². The number of ether oxygens (including phenoxy) is 2. The fourth-order valence-corrected chi connectivity index (χ4v) is 1.61. The van der Waals surface area contributed by atoms with Crippen LogP contribution in [0.2, 0.25) is 0 Å². The standard InChI is InChI=1S/C12H15NO3/c13-5-4-10(14)9-2-3-11-12(8-9)16-7-1-6-15-11/h2-3,8H,1,4-7,13H2. The molecule has 0 amide bonds. The topological polar surface area (TPSA) is 61.6 Å². The van der Waals surface area contributed by atoms with Crippen molar-refractivity contribution in [3.63, 3.8) is 0 Å². The van der Waals surface area contributed by atoms with Crippen molar-refractivity contribution in [3.8, 4) is 11.5 Å². The summed E-state index contributed by atoms with van der Waals surface area (Å²) in [5, 5.41) is 0. The van der Waals surface area contributed by atoms with E-state index in [-0.39, 0.29) is 5.78 Å². The van der Waals surface area contributed by atoms with Crippen LogP contribution >= 0.6 is 0 Å². The van der Waals surface area contributed by atoms with E-state index < -0.39 is 0 Å². The van der Waals surface area contributed by atoms with Crippen molar-refractivity contribution in [3.05, 3.63) is 23.8 Å². The third-order valence-electron chi connectivity index (χ3n) is 2.44. The van der Waals surface area contributed by atoms with Gasteiger partial charge in [0.15, 0.2) is 17.3 Å². The smallest absolute Gasteiger partial charge is 0.164 e. The lowest BCUT2D eigenvalue weighted by molar-refractivity contribution is 0.0985. The Balaban J connectivity index is 2.23. The molecule has 1 aliphatic rings. The average Bonchev–Trinajstić information content (AvgIpc) is 2.53. The first-order valence-corrected chi connectivity index (χ1v) is 5.44. The molecule has 0 spiro atoms. The van der Waals surface area contributed by atoms with Crippen LogP contribution in [0.4, 0.5) is 0 Å². The van der Waals surface area contributed by atoms with Crippen LogP contribution in [0.3, 0.4) is 0 Å². The van der Waals surface area contributed by atoms with Gasteiger partial charge in [-0.25, -0.2) is 0 Å². The van der Waals surface area contributed by atoms with Crippen molar-refractivity contribution in [2.24, 2.45) is 5.73 Å². The summed E-state index contributed by atoms with van der Waals surface area (Å²) in [6.45, 7) is 1.65. The molecule has 0 atom stereocenters. The van der Waals surface area contributed by atoms with E-state index in [9.17, 15) is 4.79 Å². The van der Waals surface area contributed by atoms with Gasteiger partial charge < -0.3 is 15.2 Å². The molecule has 16 heavy (non-hydrogen) atoms. The number of hydrogen-bond acceptors (Lipinski definition) is 4. The van der Waals surface area contributed by atoms with Crippen LogP contribution in [-0.4, -0.2) is 25.5 Å². The summed E-state index contributed by atoms with van der Waals surface area (Å²) in [5.41, 5.74) is 5.99. The van der Waals surface area contributed by atoms with E-state index in [1.54, 1.807) is 18.2 Å². The maximum Gasteiger partial charge on any atom is 0.164 e. The predicted octanol–water partition coefficient (Wildman–Crippen LogP) is 1.38. The average molecular weight is 221 g/mol. The normalized spacial score (nSPS) is 14.3. The van der Waals surface area contributed by atoms with Gasteiger partial charge in [-0.15, -0.1) is 0 Å². The number of carbonyl (C=O) groups is 1. The molecule has 1 heterocycles. The molecule has 0 fully saturated rings. The number of Topliss-reactive ketones (excluding diaryl/α,β-unsaturated/α-hetero) is 1. The minimum Gasteiger partial charge on any atom is -0.490 e. The summed E-state index contributed by atoms with van der Waals surface area (Å²) in [4.78, 5) is 11.6. The number of ketones is 1. The van der Waals surface area contributed by atoms with E-state index in [2.05, 4.69) is 0 Å². The zero-order chi connectivity index (χ0) is 11.4. The zero-order valence-corrected chi connectivity index (χ0v) is 9.07. The highest BCUT2D eigenvalue weighted by molar-refractivity contribution is 5.96. The molecule has 2 N–H and O–H groups in total. The lowest BCUT2D eigenvalue weighted by Crippen LogP contribution is -2.08. The van der Waals surface area contributed by atoms with Crippen LogP contribution in [0.25, 0.3) is 0 Å². The van der Waals surface area contributed by atoms with Crippen LogP contribution in [0.5, 0.6) is 11.5 Å². The number of benzene rings is 1. The summed E-state index contributed by atoms with van der Waals surface area (Å²) in [6.07, 6.45) is 1.22. The largest absolute Gasteiger partial charge is 0.490 e. The first-order valence-electron chi connectivity index (χ1n) is 5.44. The molecule has 0 radical (unpaired) electrons. The molecule has 4 heteroatoms. The van der Waals surface area contributed by atoms with Gasteiger partial charge in [-0.1, -0.05) is 0 Å². The Morgan fingerprint density at radius 2 is 2.00 bits per heavy atom. The SMILES string of the molecule is NCCC(=O)c1ccc2c(c1)OCCCO2. The van der Waals surface area contributed by atoms with E-state index >= 15 is 0 Å². The Labute approximate surface area is 94.3 Å². The van der Waals surface area contributed by atoms with E-state index in [0.29, 0.717) is 43.2 Å². The van der Waals surface area contributed by atoms with Gasteiger partial charge in [-0.2, -0.15) is 0 Å². The van der Waals surface area contributed by atoms with Gasteiger partial charge in [0.2, 0.25) is 0 Å². The van der Waals surface area contributed by atoms with Crippen LogP contribution in [-0.2, 0) is 0 Å². The molecule has 86 valence electrons. The molecule has 0 aliphatic carbocycles. The highest BCUT2D eigenvalue weighted by Gasteiger charge is 2.13. The highest BCUT2D eigenvalue weighted by atomic mass is 16.5. The molecule has 1 aliphatic heterocycles. The van der Waals surface area contributed by atoms with Gasteiger partial charge in [-0.05, 0) is 24.7 Å². The first kappa shape index (κ1) is 11.0. The lowest BCUT2D eigenvalue weighted by atomic mass is 10.1. The van der Waals surface area contributed by atoms with E-state index in [4.69, 9.17) is 15.2 Å². The minimum absolute atomic E-state index is 0.0400. The second kappa shape index (κ2) is 4.99. The molecular weight excluding hydrogens is 206 g/mol. The van der Waals surface area contributed by atoms with E-state index in [0.717, 1.165) is 6.42 Å². The summed E-state index contributed by atoms with van der Waals surface area (Å²) >= 11 is 0. The van der Waals surface area contributed by atoms with Gasteiger partial charge in [0.25, 0.3) is 0 Å². The Morgan fingerprint density at radius 3 is 2.75 bits per heavy atom. The third-order valence-corrected chi connectivity index (χ3v) is 2.44. The van der Waals surface area contributed by atoms with Gasteiger partial charge in [0, 0.05) is 18.4 Å². The summed E-state index contributed by atoms with van der Waals surface area (Å²) in [7, 11) is 0. The Morgan fingerprint density at radius 1 is 1.25 bits per heavy atom. The second-order valence-electron chi connectivity index (χ2n) is 3.67. The maximum absolute atomic E-state index is 11.6. The Hall–Kier alpha value is -1.55. The summed E-state index contributed by atoms with van der Waals surface area (Å²) in [5.74, 6) is 1.40. The van der Waals surface area contributed by atoms with Crippen molar-refractivity contribution in [1.82, 2.24) is 0 Å². The first-order chi connectivity index (χ1) is 7.81. The quantitative estimate of drug-likeness (QED) is 0.783. The fraction of sp³-hybridized carbons (Fsp3) is 0.417. The van der Waals surface area contributed by atoms with Gasteiger partial charge >= 0.3 is 0 Å². The van der Waals surface area contributed by atoms with Crippen molar-refractivity contribution < 1.29 is 14.3 Å². The van der Waals surface area contributed by atoms with Crippen LogP contribution in [0, 0.1) is 0 Å². The maximum atomic E-state index is 11.6. The molecule has 1 aromatic rings. The summed E-state index contributed by atoms with van der Waals surface area (Å²) < 4.78 is 11.0. The monoisotopic (exact) mass is 221 g/mol. The van der Waals surface area contributed by atoms with Crippen LogP contribution < -0.4 is 15.2 Å².